The van der Waals surface area contributed by atoms with Crippen LogP contribution in [0.5, 0.6) is 0 Å². The predicted octanol–water partition coefficient (Wildman–Crippen LogP) is -0.395. The van der Waals surface area contributed by atoms with Gasteiger partial charge in [0.2, 0.25) is 0 Å². The number of hydrogen-bond donors (Lipinski definition) is 3. The summed E-state index contributed by atoms with van der Waals surface area (Å²) in [6.07, 6.45) is 1.55. The molecule has 1 aromatic rings. The largest absolute Gasteiger partial charge is 0.395 e. The second-order valence-corrected chi connectivity index (χ2v) is 4.54. The van der Waals surface area contributed by atoms with Crippen LogP contribution in [0.3, 0.4) is 0 Å². The molecular formula is C12H22N6O. The summed E-state index contributed by atoms with van der Waals surface area (Å²) in [7, 11) is 0. The summed E-state index contributed by atoms with van der Waals surface area (Å²) in [5, 5.41) is 12.1. The number of nitrogens with one attached hydrogen (secondary N) is 1. The molecule has 0 spiro atoms. The van der Waals surface area contributed by atoms with Gasteiger partial charge in [-0.3, -0.25) is 4.90 Å². The molecule has 4 N–H and O–H groups in total. The molecule has 106 valence electrons. The SMILES string of the molecule is CCNc1ncnc(N2CCN(CCO)CC2)c1N. The minimum absolute atomic E-state index is 0.209. The van der Waals surface area contributed by atoms with Crippen LogP contribution in [0.2, 0.25) is 0 Å². The van der Waals surface area contributed by atoms with E-state index >= 15 is 0 Å². The van der Waals surface area contributed by atoms with E-state index in [0.29, 0.717) is 11.5 Å². The van der Waals surface area contributed by atoms with Crippen LogP contribution in [-0.4, -0.2) is 65.8 Å². The van der Waals surface area contributed by atoms with Crippen LogP contribution in [0, 0.1) is 0 Å². The van der Waals surface area contributed by atoms with Gasteiger partial charge in [-0.25, -0.2) is 9.97 Å². The topological polar surface area (TPSA) is 90.5 Å². The average molecular weight is 266 g/mol. The standard InChI is InChI=1S/C12H22N6O/c1-2-14-11-10(13)12(16-9-15-11)18-5-3-17(4-6-18)7-8-19/h9,19H,2-8,13H2,1H3,(H,14,15,16). The zero-order chi connectivity index (χ0) is 13.7. The number of rotatable bonds is 5. The number of anilines is 3. The summed E-state index contributed by atoms with van der Waals surface area (Å²) in [6, 6.07) is 0. The van der Waals surface area contributed by atoms with Gasteiger partial charge in [-0.15, -0.1) is 0 Å². The highest BCUT2D eigenvalue weighted by atomic mass is 16.3. The fraction of sp³-hybridized carbons (Fsp3) is 0.667. The maximum Gasteiger partial charge on any atom is 0.157 e. The van der Waals surface area contributed by atoms with Gasteiger partial charge in [-0.2, -0.15) is 0 Å². The summed E-state index contributed by atoms with van der Waals surface area (Å²) in [4.78, 5) is 12.9. The normalized spacial score (nSPS) is 16.6. The first-order valence-corrected chi connectivity index (χ1v) is 6.68. The number of hydrogen-bond acceptors (Lipinski definition) is 7. The van der Waals surface area contributed by atoms with E-state index in [9.17, 15) is 0 Å². The molecule has 7 heteroatoms. The molecular weight excluding hydrogens is 244 g/mol. The van der Waals surface area contributed by atoms with E-state index in [0.717, 1.165) is 45.1 Å². The molecule has 0 amide bonds. The molecule has 0 aromatic carbocycles. The van der Waals surface area contributed by atoms with Crippen molar-refractivity contribution in [2.24, 2.45) is 0 Å². The Bertz CT molecular complexity index is 405. The van der Waals surface area contributed by atoms with Gasteiger partial charge in [-0.1, -0.05) is 0 Å². The van der Waals surface area contributed by atoms with Crippen LogP contribution < -0.4 is 16.0 Å². The number of β-amino-alcohol motifs (C(OH)–C–C–N with tert-alkyl or cyclic N) is 1. The number of aromatic nitrogens is 2. The Morgan fingerprint density at radius 3 is 2.68 bits per heavy atom. The fourth-order valence-corrected chi connectivity index (χ4v) is 2.27. The molecule has 2 heterocycles. The summed E-state index contributed by atoms with van der Waals surface area (Å²) in [5.74, 6) is 1.50. The molecule has 1 aliphatic heterocycles. The molecule has 2 rings (SSSR count). The van der Waals surface area contributed by atoms with Crippen molar-refractivity contribution in [2.45, 2.75) is 6.92 Å². The summed E-state index contributed by atoms with van der Waals surface area (Å²) < 4.78 is 0. The van der Waals surface area contributed by atoms with Gasteiger partial charge in [0.1, 0.15) is 12.0 Å². The number of nitrogens with two attached hydrogens (primary N) is 1. The molecule has 0 atom stereocenters. The minimum atomic E-state index is 0.209. The number of aliphatic hydroxyl groups excluding tert-OH is 1. The lowest BCUT2D eigenvalue weighted by Crippen LogP contribution is -2.47. The third-order valence-corrected chi connectivity index (χ3v) is 3.30. The van der Waals surface area contributed by atoms with E-state index in [1.807, 2.05) is 6.92 Å². The highest BCUT2D eigenvalue weighted by Gasteiger charge is 2.20. The highest BCUT2D eigenvalue weighted by Crippen LogP contribution is 2.26. The Morgan fingerprint density at radius 2 is 2.05 bits per heavy atom. The van der Waals surface area contributed by atoms with Crippen molar-refractivity contribution in [3.05, 3.63) is 6.33 Å². The second kappa shape index (κ2) is 6.53. The first-order valence-electron chi connectivity index (χ1n) is 6.68. The molecule has 1 aromatic heterocycles. The van der Waals surface area contributed by atoms with Crippen molar-refractivity contribution in [1.29, 1.82) is 0 Å². The van der Waals surface area contributed by atoms with E-state index in [2.05, 4.69) is 25.1 Å². The quantitative estimate of drug-likeness (QED) is 0.668. The second-order valence-electron chi connectivity index (χ2n) is 4.54. The van der Waals surface area contributed by atoms with Gasteiger partial charge in [0.05, 0.1) is 6.61 Å². The van der Waals surface area contributed by atoms with Crippen molar-refractivity contribution in [1.82, 2.24) is 14.9 Å². The predicted molar refractivity (Wildman–Crippen MR) is 76.3 cm³/mol. The van der Waals surface area contributed by atoms with Gasteiger partial charge in [-0.05, 0) is 6.92 Å². The van der Waals surface area contributed by atoms with E-state index in [1.54, 1.807) is 6.33 Å². The van der Waals surface area contributed by atoms with Crippen LogP contribution in [-0.2, 0) is 0 Å². The molecule has 1 saturated heterocycles. The monoisotopic (exact) mass is 266 g/mol. The molecule has 0 bridgehead atoms. The molecule has 7 nitrogen and oxygen atoms in total. The molecule has 0 aliphatic carbocycles. The maximum absolute atomic E-state index is 8.94. The first-order chi connectivity index (χ1) is 9.26. The Morgan fingerprint density at radius 1 is 1.32 bits per heavy atom. The lowest BCUT2D eigenvalue weighted by molar-refractivity contribution is 0.188. The third-order valence-electron chi connectivity index (χ3n) is 3.30. The molecule has 19 heavy (non-hydrogen) atoms. The van der Waals surface area contributed by atoms with Crippen molar-refractivity contribution in [3.8, 4) is 0 Å². The van der Waals surface area contributed by atoms with E-state index in [-0.39, 0.29) is 6.61 Å². The number of nitrogen functional groups attached to an aromatic ring is 1. The van der Waals surface area contributed by atoms with E-state index in [1.165, 1.54) is 0 Å². The van der Waals surface area contributed by atoms with Crippen molar-refractivity contribution >= 4 is 17.3 Å². The highest BCUT2D eigenvalue weighted by molar-refractivity contribution is 5.74. The Labute approximate surface area is 113 Å². The van der Waals surface area contributed by atoms with Crippen molar-refractivity contribution in [2.75, 3.05) is 61.8 Å². The number of nitrogens with zero attached hydrogens (tertiary/aromatic N) is 4. The lowest BCUT2D eigenvalue weighted by Gasteiger charge is -2.35. The number of piperazine rings is 1. The lowest BCUT2D eigenvalue weighted by atomic mass is 10.3. The third kappa shape index (κ3) is 3.24. The maximum atomic E-state index is 8.94. The minimum Gasteiger partial charge on any atom is -0.395 e. The molecule has 0 unspecified atom stereocenters. The smallest absolute Gasteiger partial charge is 0.157 e. The zero-order valence-electron chi connectivity index (χ0n) is 11.3. The van der Waals surface area contributed by atoms with Crippen molar-refractivity contribution in [3.63, 3.8) is 0 Å². The van der Waals surface area contributed by atoms with Gasteiger partial charge in [0.25, 0.3) is 0 Å². The van der Waals surface area contributed by atoms with E-state index in [4.69, 9.17) is 10.8 Å². The van der Waals surface area contributed by atoms with E-state index < -0.39 is 0 Å². The van der Waals surface area contributed by atoms with Gasteiger partial charge in [0.15, 0.2) is 11.6 Å². The molecule has 0 radical (unpaired) electrons. The Hall–Kier alpha value is -1.60. The Balaban J connectivity index is 2.05. The van der Waals surface area contributed by atoms with Gasteiger partial charge in [0, 0.05) is 39.3 Å². The van der Waals surface area contributed by atoms with Crippen LogP contribution in [0.4, 0.5) is 17.3 Å². The van der Waals surface area contributed by atoms with Crippen LogP contribution in [0.1, 0.15) is 6.92 Å². The average Bonchev–Trinajstić information content (AvgIpc) is 2.43. The molecule has 1 aliphatic rings. The summed E-state index contributed by atoms with van der Waals surface area (Å²) >= 11 is 0. The van der Waals surface area contributed by atoms with Crippen LogP contribution in [0.15, 0.2) is 6.33 Å². The van der Waals surface area contributed by atoms with Gasteiger partial charge >= 0.3 is 0 Å². The number of aliphatic hydroxyl groups is 1. The van der Waals surface area contributed by atoms with Crippen LogP contribution >= 0.6 is 0 Å². The molecule has 1 fully saturated rings. The zero-order valence-corrected chi connectivity index (χ0v) is 11.3. The Kier molecular flexibility index (Phi) is 4.75. The summed E-state index contributed by atoms with van der Waals surface area (Å²) in [5.41, 5.74) is 6.72. The first kappa shape index (κ1) is 13.8. The van der Waals surface area contributed by atoms with Crippen LogP contribution in [0.25, 0.3) is 0 Å². The van der Waals surface area contributed by atoms with Gasteiger partial charge < -0.3 is 21.1 Å². The fourth-order valence-electron chi connectivity index (χ4n) is 2.27. The van der Waals surface area contributed by atoms with Crippen molar-refractivity contribution < 1.29 is 5.11 Å². The molecule has 0 saturated carbocycles. The summed E-state index contributed by atoms with van der Waals surface area (Å²) in [6.45, 7) is 7.30.